The van der Waals surface area contributed by atoms with Gasteiger partial charge in [0.15, 0.2) is 5.06 Å². The second kappa shape index (κ2) is 5.50. The Morgan fingerprint density at radius 3 is 2.14 bits per heavy atom. The van der Waals surface area contributed by atoms with Crippen LogP contribution in [0.4, 0.5) is 0 Å². The highest BCUT2D eigenvalue weighted by molar-refractivity contribution is 7.77. The van der Waals surface area contributed by atoms with Crippen LogP contribution in [0, 0.1) is 6.92 Å². The largest absolute Gasteiger partial charge is 0.364 e. The smallest absolute Gasteiger partial charge is 0.321 e. The molecule has 0 atom stereocenters. The average molecular weight is 328 g/mol. The van der Waals surface area contributed by atoms with Gasteiger partial charge in [0.05, 0.1) is 0 Å². The van der Waals surface area contributed by atoms with Crippen molar-refractivity contribution in [1.82, 2.24) is 0 Å². The molecule has 0 fully saturated rings. The maximum absolute atomic E-state index is 11.3. The molecule has 0 saturated heterocycles. The number of fused-ring (bicyclic) bond motifs is 1. The first kappa shape index (κ1) is 16.1. The van der Waals surface area contributed by atoms with E-state index in [0.717, 1.165) is 17.0 Å². The van der Waals surface area contributed by atoms with Crippen molar-refractivity contribution in [2.45, 2.75) is 6.92 Å². The summed E-state index contributed by atoms with van der Waals surface area (Å²) in [6, 6.07) is 10.6. The Labute approximate surface area is 121 Å². The normalized spacial score (nSPS) is 12.4. The third-order valence-electron chi connectivity index (χ3n) is 2.92. The fourth-order valence-electron chi connectivity index (χ4n) is 2.09. The molecule has 112 valence electrons. The van der Waals surface area contributed by atoms with E-state index >= 15 is 0 Å². The van der Waals surface area contributed by atoms with Crippen molar-refractivity contribution in [3.05, 3.63) is 52.6 Å². The summed E-state index contributed by atoms with van der Waals surface area (Å²) < 4.78 is 22.7. The number of benzene rings is 2. The minimum absolute atomic E-state index is 0.354. The van der Waals surface area contributed by atoms with Crippen LogP contribution in [-0.4, -0.2) is 19.6 Å². The molecule has 2 aromatic carbocycles. The monoisotopic (exact) mass is 328 g/mol. The van der Waals surface area contributed by atoms with Crippen molar-refractivity contribution >= 4 is 32.0 Å². The zero-order valence-electron chi connectivity index (χ0n) is 11.0. The Morgan fingerprint density at radius 1 is 1.00 bits per heavy atom. The standard InChI is InChI=1S/C13H14O6P2/c1-9-6-10-4-2-3-5-12(10)11(7-9)8-13(20(14,15)16)21(17,18)19/h2-8H,1H3,(H2,14,15,16)(H2,17,18,19). The molecule has 4 N–H and O–H groups in total. The van der Waals surface area contributed by atoms with Gasteiger partial charge in [-0.05, 0) is 34.9 Å². The molecule has 2 rings (SSSR count). The number of aryl methyl sites for hydroxylation is 1. The molecule has 0 saturated carbocycles. The van der Waals surface area contributed by atoms with Crippen LogP contribution in [0.25, 0.3) is 16.8 Å². The van der Waals surface area contributed by atoms with Crippen molar-refractivity contribution in [2.75, 3.05) is 0 Å². The zero-order chi connectivity index (χ0) is 15.8. The fraction of sp³-hybridized carbons (Fsp3) is 0.0769. The minimum atomic E-state index is -5.06. The van der Waals surface area contributed by atoms with Crippen LogP contribution >= 0.6 is 15.2 Å². The Bertz CT molecular complexity index is 791. The second-order valence-electron chi connectivity index (χ2n) is 4.67. The van der Waals surface area contributed by atoms with Crippen LogP contribution in [0.15, 0.2) is 41.5 Å². The molecule has 0 bridgehead atoms. The van der Waals surface area contributed by atoms with E-state index in [1.165, 1.54) is 0 Å². The van der Waals surface area contributed by atoms with Crippen molar-refractivity contribution in [1.29, 1.82) is 0 Å². The Kier molecular flexibility index (Phi) is 4.22. The molecule has 0 spiro atoms. The van der Waals surface area contributed by atoms with Crippen LogP contribution in [0.3, 0.4) is 0 Å². The van der Waals surface area contributed by atoms with E-state index in [4.69, 9.17) is 19.6 Å². The predicted molar refractivity (Wildman–Crippen MR) is 80.8 cm³/mol. The van der Waals surface area contributed by atoms with Gasteiger partial charge in [-0.1, -0.05) is 36.4 Å². The molecule has 0 aliphatic heterocycles. The van der Waals surface area contributed by atoms with E-state index in [1.807, 2.05) is 18.2 Å². The van der Waals surface area contributed by atoms with Crippen LogP contribution in [0.5, 0.6) is 0 Å². The molecule has 0 radical (unpaired) electrons. The van der Waals surface area contributed by atoms with E-state index in [1.54, 1.807) is 25.1 Å². The van der Waals surface area contributed by atoms with Gasteiger partial charge in [0.2, 0.25) is 0 Å². The maximum Gasteiger partial charge on any atom is 0.364 e. The zero-order valence-corrected chi connectivity index (χ0v) is 12.8. The van der Waals surface area contributed by atoms with E-state index in [9.17, 15) is 9.13 Å². The maximum atomic E-state index is 11.3. The first-order chi connectivity index (χ1) is 9.59. The lowest BCUT2D eigenvalue weighted by molar-refractivity contribution is 0.368. The van der Waals surface area contributed by atoms with Crippen LogP contribution in [0.2, 0.25) is 0 Å². The number of rotatable bonds is 3. The Balaban J connectivity index is 2.79. The Hall–Kier alpha value is -1.26. The van der Waals surface area contributed by atoms with Gasteiger partial charge in [-0.25, -0.2) is 0 Å². The molecule has 0 aliphatic rings. The third kappa shape index (κ3) is 3.69. The van der Waals surface area contributed by atoms with E-state index in [2.05, 4.69) is 0 Å². The predicted octanol–water partition coefficient (Wildman–Crippen LogP) is 2.80. The first-order valence-corrected chi connectivity index (χ1v) is 9.15. The van der Waals surface area contributed by atoms with Crippen LogP contribution < -0.4 is 0 Å². The summed E-state index contributed by atoms with van der Waals surface area (Å²) in [5.74, 6) is 0. The van der Waals surface area contributed by atoms with Gasteiger partial charge < -0.3 is 19.6 Å². The molecule has 2 aromatic rings. The van der Waals surface area contributed by atoms with Gasteiger partial charge in [-0.3, -0.25) is 9.13 Å². The lowest BCUT2D eigenvalue weighted by Crippen LogP contribution is -1.90. The minimum Gasteiger partial charge on any atom is -0.321 e. The summed E-state index contributed by atoms with van der Waals surface area (Å²) in [5.41, 5.74) is 1.17. The molecule has 0 aliphatic carbocycles. The van der Waals surface area contributed by atoms with Crippen LogP contribution in [-0.2, 0) is 9.13 Å². The number of hydrogen-bond acceptors (Lipinski definition) is 2. The summed E-state index contributed by atoms with van der Waals surface area (Å²) in [7, 11) is -10.1. The summed E-state index contributed by atoms with van der Waals surface area (Å²) in [4.78, 5) is 36.7. The molecule has 6 nitrogen and oxygen atoms in total. The molecule has 8 heteroatoms. The average Bonchev–Trinajstić information content (AvgIpc) is 2.32. The highest BCUT2D eigenvalue weighted by Gasteiger charge is 2.36. The number of hydrogen-bond donors (Lipinski definition) is 4. The van der Waals surface area contributed by atoms with Crippen molar-refractivity contribution in [2.24, 2.45) is 0 Å². The molecule has 0 aromatic heterocycles. The van der Waals surface area contributed by atoms with E-state index < -0.39 is 20.2 Å². The molecule has 0 heterocycles. The second-order valence-corrected chi connectivity index (χ2v) is 8.16. The summed E-state index contributed by atoms with van der Waals surface area (Å²) in [5, 5.41) is 0.299. The molecule has 21 heavy (non-hydrogen) atoms. The lowest BCUT2D eigenvalue weighted by atomic mass is 10.0. The molecule has 0 unspecified atom stereocenters. The van der Waals surface area contributed by atoms with Crippen LogP contribution in [0.1, 0.15) is 11.1 Å². The van der Waals surface area contributed by atoms with E-state index in [0.29, 0.717) is 10.9 Å². The highest BCUT2D eigenvalue weighted by atomic mass is 31.2. The van der Waals surface area contributed by atoms with Gasteiger partial charge in [-0.15, -0.1) is 0 Å². The fourth-order valence-corrected chi connectivity index (χ4v) is 4.06. The van der Waals surface area contributed by atoms with Crippen molar-refractivity contribution in [3.63, 3.8) is 0 Å². The van der Waals surface area contributed by atoms with Crippen molar-refractivity contribution in [3.8, 4) is 0 Å². The summed E-state index contributed by atoms with van der Waals surface area (Å²) in [6.45, 7) is 1.79. The lowest BCUT2D eigenvalue weighted by Gasteiger charge is -2.12. The topological polar surface area (TPSA) is 115 Å². The molecular weight excluding hydrogens is 314 g/mol. The summed E-state index contributed by atoms with van der Waals surface area (Å²) in [6.07, 6.45) is 0.886. The van der Waals surface area contributed by atoms with Gasteiger partial charge in [0.1, 0.15) is 0 Å². The molecular formula is C13H14O6P2. The third-order valence-corrected chi connectivity index (χ3v) is 5.93. The quantitative estimate of drug-likeness (QED) is 0.644. The van der Waals surface area contributed by atoms with Gasteiger partial charge >= 0.3 is 15.2 Å². The van der Waals surface area contributed by atoms with Crippen molar-refractivity contribution < 1.29 is 28.7 Å². The highest BCUT2D eigenvalue weighted by Crippen LogP contribution is 2.64. The SMILES string of the molecule is Cc1cc(C=C(P(=O)(O)O)P(=O)(O)O)c2ccccc2c1. The summed E-state index contributed by atoms with van der Waals surface area (Å²) >= 11 is 0. The first-order valence-electron chi connectivity index (χ1n) is 5.92. The van der Waals surface area contributed by atoms with E-state index in [-0.39, 0.29) is 0 Å². The van der Waals surface area contributed by atoms with Gasteiger partial charge in [0, 0.05) is 0 Å². The van der Waals surface area contributed by atoms with Gasteiger partial charge in [-0.2, -0.15) is 0 Å². The van der Waals surface area contributed by atoms with Gasteiger partial charge in [0.25, 0.3) is 0 Å². The molecule has 0 amide bonds. The Morgan fingerprint density at radius 2 is 1.57 bits per heavy atom.